The molecule has 1 unspecified atom stereocenters. The number of halogens is 1. The van der Waals surface area contributed by atoms with Crippen LogP contribution in [0.2, 0.25) is 0 Å². The highest BCUT2D eigenvalue weighted by molar-refractivity contribution is 5.73. The lowest BCUT2D eigenvalue weighted by molar-refractivity contribution is 0.207. The summed E-state index contributed by atoms with van der Waals surface area (Å²) in [5, 5.41) is 6.86. The third-order valence-electron chi connectivity index (χ3n) is 8.91. The minimum Gasteiger partial charge on any atom is -0.486 e. The van der Waals surface area contributed by atoms with Crippen LogP contribution in [0, 0.1) is 24.6 Å². The zero-order valence-electron chi connectivity index (χ0n) is 32.3. The molecule has 2 rings (SSSR count). The Kier molecular flexibility index (Phi) is 18.3. The van der Waals surface area contributed by atoms with Crippen molar-refractivity contribution in [1.29, 1.82) is 0 Å². The van der Waals surface area contributed by atoms with Gasteiger partial charge in [0.25, 0.3) is 0 Å². The van der Waals surface area contributed by atoms with Crippen molar-refractivity contribution in [2.45, 2.75) is 120 Å². The molecule has 49 heavy (non-hydrogen) atoms. The summed E-state index contributed by atoms with van der Waals surface area (Å²) in [6.45, 7) is 33.8. The molecule has 0 fully saturated rings. The third kappa shape index (κ3) is 12.7. The number of nitrogens with one attached hydrogen (secondary N) is 2. The first-order valence-electron chi connectivity index (χ1n) is 18.7. The van der Waals surface area contributed by atoms with Crippen LogP contribution in [0.5, 0.6) is 5.75 Å². The van der Waals surface area contributed by atoms with Crippen molar-refractivity contribution in [1.82, 2.24) is 10.2 Å². The third-order valence-corrected chi connectivity index (χ3v) is 8.91. The van der Waals surface area contributed by atoms with Crippen LogP contribution in [0.25, 0.3) is 11.3 Å². The normalized spacial score (nSPS) is 12.5. The second-order valence-corrected chi connectivity index (χ2v) is 13.7. The molecule has 0 spiro atoms. The average molecular weight is 672 g/mol. The molecule has 4 nitrogen and oxygen atoms in total. The average Bonchev–Trinajstić information content (AvgIpc) is 3.07. The van der Waals surface area contributed by atoms with Gasteiger partial charge in [-0.15, -0.1) is 0 Å². The molecular weight excluding hydrogens is 606 g/mol. The van der Waals surface area contributed by atoms with Gasteiger partial charge in [0.05, 0.1) is 11.4 Å². The van der Waals surface area contributed by atoms with Gasteiger partial charge in [-0.1, -0.05) is 105 Å². The topological polar surface area (TPSA) is 36.5 Å². The van der Waals surface area contributed by atoms with Crippen LogP contribution in [0.15, 0.2) is 79.8 Å². The summed E-state index contributed by atoms with van der Waals surface area (Å²) in [6.07, 6.45) is 15.1. The molecule has 1 atom stereocenters. The van der Waals surface area contributed by atoms with E-state index < -0.39 is 0 Å². The van der Waals surface area contributed by atoms with E-state index >= 15 is 4.39 Å². The largest absolute Gasteiger partial charge is 0.486 e. The quantitative estimate of drug-likeness (QED) is 0.0910. The number of rotatable bonds is 23. The monoisotopic (exact) mass is 672 g/mol. The van der Waals surface area contributed by atoms with E-state index in [-0.39, 0.29) is 23.6 Å². The van der Waals surface area contributed by atoms with Gasteiger partial charge in [0, 0.05) is 29.7 Å². The van der Waals surface area contributed by atoms with Crippen LogP contribution < -0.4 is 15.4 Å². The SMILES string of the molecule is C=C(Nc1ccc(C(=C)CCC(CCC)CCC)c(CC)c1)C(=C)N(/C=C\C)/C(=C\C(C)C)c1ccc(OC(C)CNCCC)c(F)c1C. The maximum absolute atomic E-state index is 15.9. The molecule has 0 heterocycles. The highest BCUT2D eigenvalue weighted by atomic mass is 19.1. The van der Waals surface area contributed by atoms with Crippen LogP contribution in [0.3, 0.4) is 0 Å². The van der Waals surface area contributed by atoms with Gasteiger partial charge in [-0.25, -0.2) is 4.39 Å². The molecule has 0 aliphatic heterocycles. The van der Waals surface area contributed by atoms with Gasteiger partial charge in [0.15, 0.2) is 11.6 Å². The first-order chi connectivity index (χ1) is 23.4. The molecule has 5 heteroatoms. The molecule has 2 aromatic rings. The van der Waals surface area contributed by atoms with E-state index in [1.165, 1.54) is 48.8 Å². The number of hydrogen-bond acceptors (Lipinski definition) is 4. The van der Waals surface area contributed by atoms with Crippen molar-refractivity contribution >= 4 is 17.0 Å². The molecule has 0 aliphatic rings. The number of nitrogens with zero attached hydrogens (tertiary/aromatic N) is 1. The summed E-state index contributed by atoms with van der Waals surface area (Å²) in [5.74, 6) is 0.886. The van der Waals surface area contributed by atoms with Gasteiger partial charge in [0.1, 0.15) is 6.10 Å². The summed E-state index contributed by atoms with van der Waals surface area (Å²) < 4.78 is 21.9. The Hall–Kier alpha value is -3.57. The fourth-order valence-corrected chi connectivity index (χ4v) is 6.31. The molecule has 0 aliphatic carbocycles. The molecule has 0 saturated carbocycles. The van der Waals surface area contributed by atoms with Crippen LogP contribution in [0.1, 0.15) is 123 Å². The van der Waals surface area contributed by atoms with Crippen LogP contribution in [-0.4, -0.2) is 24.1 Å². The van der Waals surface area contributed by atoms with Crippen LogP contribution >= 0.6 is 0 Å². The molecule has 0 bridgehead atoms. The van der Waals surface area contributed by atoms with E-state index in [4.69, 9.17) is 4.74 Å². The Morgan fingerprint density at radius 3 is 2.20 bits per heavy atom. The summed E-state index contributed by atoms with van der Waals surface area (Å²) in [4.78, 5) is 1.99. The molecule has 2 N–H and O–H groups in total. The van der Waals surface area contributed by atoms with E-state index in [2.05, 4.69) is 96.2 Å². The predicted octanol–water partition coefficient (Wildman–Crippen LogP) is 12.4. The summed E-state index contributed by atoms with van der Waals surface area (Å²) in [6, 6.07) is 10.2. The lowest BCUT2D eigenvalue weighted by atomic mass is 9.88. The van der Waals surface area contributed by atoms with Gasteiger partial charge < -0.3 is 20.3 Å². The number of benzene rings is 2. The standard InChI is InChI=1S/C44H66FN3O/c1-13-18-37(19-14-2)21-20-32(8)40-23-22-39(29-38(40)17-5)47-35(11)36(12)48(27-16-4)42(28-31(6)7)41-24-25-43(44(45)34(41)10)49-33(9)30-46-26-15-3/h16,22-25,27-29,31,33,37,46-47H,8,11-15,17-21,26,30H2,1-7,9-10H3/b27-16-,42-28-. The zero-order valence-corrected chi connectivity index (χ0v) is 32.3. The molecule has 0 amide bonds. The van der Waals surface area contributed by atoms with Crippen molar-refractivity contribution in [3.63, 3.8) is 0 Å². The maximum Gasteiger partial charge on any atom is 0.168 e. The smallest absolute Gasteiger partial charge is 0.168 e. The fraction of sp³-hybridized carbons (Fsp3) is 0.500. The fourth-order valence-electron chi connectivity index (χ4n) is 6.31. The summed E-state index contributed by atoms with van der Waals surface area (Å²) in [7, 11) is 0. The van der Waals surface area contributed by atoms with Crippen LogP contribution in [0.4, 0.5) is 10.1 Å². The first kappa shape index (κ1) is 41.6. The van der Waals surface area contributed by atoms with Crippen molar-refractivity contribution in [2.24, 2.45) is 11.8 Å². The lowest BCUT2D eigenvalue weighted by Gasteiger charge is -2.30. The lowest BCUT2D eigenvalue weighted by Crippen LogP contribution is -2.29. The molecule has 0 saturated heterocycles. The number of allylic oxidation sites excluding steroid dienone is 3. The van der Waals surface area contributed by atoms with Crippen molar-refractivity contribution < 1.29 is 9.13 Å². The molecule has 0 radical (unpaired) electrons. The van der Waals surface area contributed by atoms with Gasteiger partial charge in [-0.05, 0) is 111 Å². The summed E-state index contributed by atoms with van der Waals surface area (Å²) >= 11 is 0. The zero-order chi connectivity index (χ0) is 36.5. The predicted molar refractivity (Wildman–Crippen MR) is 213 cm³/mol. The Labute approximate surface area is 299 Å². The van der Waals surface area contributed by atoms with E-state index in [1.807, 2.05) is 44.0 Å². The number of ether oxygens (including phenoxy) is 1. The van der Waals surface area contributed by atoms with Crippen molar-refractivity contribution in [2.75, 3.05) is 18.4 Å². The second-order valence-electron chi connectivity index (χ2n) is 13.7. The Bertz CT molecular complexity index is 1430. The molecule has 2 aromatic carbocycles. The number of anilines is 1. The molecular formula is C44H66FN3O. The molecule has 0 aromatic heterocycles. The van der Waals surface area contributed by atoms with Gasteiger partial charge in [-0.3, -0.25) is 0 Å². The second kappa shape index (κ2) is 21.5. The minimum absolute atomic E-state index is 0.157. The van der Waals surface area contributed by atoms with E-state index in [9.17, 15) is 0 Å². The van der Waals surface area contributed by atoms with E-state index in [0.29, 0.717) is 23.5 Å². The maximum atomic E-state index is 15.9. The highest BCUT2D eigenvalue weighted by Gasteiger charge is 2.22. The van der Waals surface area contributed by atoms with Gasteiger partial charge in [0.2, 0.25) is 0 Å². The van der Waals surface area contributed by atoms with Crippen LogP contribution in [-0.2, 0) is 6.42 Å². The Morgan fingerprint density at radius 2 is 1.61 bits per heavy atom. The Balaban J connectivity index is 2.33. The minimum atomic E-state index is -0.350. The van der Waals surface area contributed by atoms with Gasteiger partial charge >= 0.3 is 0 Å². The first-order valence-corrected chi connectivity index (χ1v) is 18.7. The van der Waals surface area contributed by atoms with E-state index in [0.717, 1.165) is 48.7 Å². The molecule has 270 valence electrons. The van der Waals surface area contributed by atoms with E-state index in [1.54, 1.807) is 6.07 Å². The van der Waals surface area contributed by atoms with Crippen molar-refractivity contribution in [3.8, 4) is 5.75 Å². The Morgan fingerprint density at radius 1 is 0.939 bits per heavy atom. The number of aryl methyl sites for hydroxylation is 1. The van der Waals surface area contributed by atoms with Crippen molar-refractivity contribution in [3.05, 3.63) is 108 Å². The summed E-state index contributed by atoms with van der Waals surface area (Å²) in [5.41, 5.74) is 8.16. The number of hydrogen-bond donors (Lipinski definition) is 2. The van der Waals surface area contributed by atoms with Gasteiger partial charge in [-0.2, -0.15) is 0 Å². The highest BCUT2D eigenvalue weighted by Crippen LogP contribution is 2.35.